The molecule has 0 radical (unpaired) electrons. The summed E-state index contributed by atoms with van der Waals surface area (Å²) in [5.74, 6) is 0. The summed E-state index contributed by atoms with van der Waals surface area (Å²) in [5.41, 5.74) is 0. The molecule has 0 spiro atoms. The molecule has 78 valence electrons. The van der Waals surface area contributed by atoms with Gasteiger partial charge >= 0.3 is 6.01 Å². The lowest BCUT2D eigenvalue weighted by Crippen LogP contribution is -2.38. The summed E-state index contributed by atoms with van der Waals surface area (Å²) in [6.07, 6.45) is 0. The van der Waals surface area contributed by atoms with Crippen molar-refractivity contribution in [3.63, 3.8) is 0 Å². The van der Waals surface area contributed by atoms with Crippen LogP contribution >= 0.6 is 23.2 Å². The van der Waals surface area contributed by atoms with E-state index in [1.807, 2.05) is 21.1 Å². The van der Waals surface area contributed by atoms with Crippen molar-refractivity contribution in [3.8, 4) is 6.01 Å². The third kappa shape index (κ3) is 4.04. The fraction of sp³-hybridized carbons (Fsp3) is 0.571. The van der Waals surface area contributed by atoms with E-state index in [1.54, 1.807) is 0 Å². The predicted octanol–water partition coefficient (Wildman–Crippen LogP) is 1.22. The van der Waals surface area contributed by atoms with Gasteiger partial charge in [-0.15, -0.1) is 0 Å². The van der Waals surface area contributed by atoms with Crippen LogP contribution in [0.2, 0.25) is 10.6 Å². The third-order valence-corrected chi connectivity index (χ3v) is 1.48. The van der Waals surface area contributed by atoms with Gasteiger partial charge in [0.15, 0.2) is 0 Å². The first-order valence-corrected chi connectivity index (χ1v) is 4.63. The Bertz CT molecular complexity index is 306. The van der Waals surface area contributed by atoms with Gasteiger partial charge in [-0.25, -0.2) is 0 Å². The van der Waals surface area contributed by atoms with E-state index >= 15 is 0 Å². The summed E-state index contributed by atoms with van der Waals surface area (Å²) < 4.78 is 5.90. The van der Waals surface area contributed by atoms with Crippen LogP contribution < -0.4 is 4.74 Å². The van der Waals surface area contributed by atoms with Gasteiger partial charge in [-0.1, -0.05) is 0 Å². The number of aromatic nitrogens is 3. The van der Waals surface area contributed by atoms with Crippen LogP contribution in [-0.2, 0) is 0 Å². The number of ether oxygens (including phenoxy) is 1. The highest BCUT2D eigenvalue weighted by molar-refractivity contribution is 6.31. The van der Waals surface area contributed by atoms with Gasteiger partial charge in [-0.05, 0) is 23.2 Å². The van der Waals surface area contributed by atoms with Crippen LogP contribution in [0.3, 0.4) is 0 Å². The van der Waals surface area contributed by atoms with E-state index in [9.17, 15) is 0 Å². The molecule has 0 fully saturated rings. The van der Waals surface area contributed by atoms with Gasteiger partial charge in [0.2, 0.25) is 17.3 Å². The summed E-state index contributed by atoms with van der Waals surface area (Å²) in [5, 5.41) is 0.0582. The molecular weight excluding hydrogens is 227 g/mol. The van der Waals surface area contributed by atoms with Crippen molar-refractivity contribution in [2.75, 3.05) is 27.9 Å². The van der Waals surface area contributed by atoms with Crippen molar-refractivity contribution < 1.29 is 9.22 Å². The maximum Gasteiger partial charge on any atom is 0.326 e. The van der Waals surface area contributed by atoms with E-state index < -0.39 is 0 Å². The smallest absolute Gasteiger partial charge is 0.326 e. The van der Waals surface area contributed by atoms with Crippen molar-refractivity contribution in [1.29, 1.82) is 0 Å². The van der Waals surface area contributed by atoms with Crippen molar-refractivity contribution in [1.82, 2.24) is 15.0 Å². The Hall–Kier alpha value is -0.650. The Labute approximate surface area is 92.2 Å². The Kier molecular flexibility index (Phi) is 3.47. The highest BCUT2D eigenvalue weighted by Crippen LogP contribution is 2.11. The summed E-state index contributed by atoms with van der Waals surface area (Å²) in [6, 6.07) is 0.142. The van der Waals surface area contributed by atoms with E-state index in [4.69, 9.17) is 27.9 Å². The average Bonchev–Trinajstić information content (AvgIpc) is 1.97. The number of hydrogen-bond donors (Lipinski definition) is 0. The highest BCUT2D eigenvalue weighted by Gasteiger charge is 2.10. The van der Waals surface area contributed by atoms with Crippen molar-refractivity contribution in [2.45, 2.75) is 0 Å². The quantitative estimate of drug-likeness (QED) is 0.586. The topological polar surface area (TPSA) is 47.9 Å². The fourth-order valence-electron chi connectivity index (χ4n) is 0.625. The molecule has 0 unspecified atom stereocenters. The van der Waals surface area contributed by atoms with Crippen LogP contribution in [0.4, 0.5) is 0 Å². The fourth-order valence-corrected chi connectivity index (χ4v) is 0.973. The minimum Gasteiger partial charge on any atom is -0.413 e. The second kappa shape index (κ2) is 4.25. The zero-order valence-electron chi connectivity index (χ0n) is 8.16. The molecule has 0 amide bonds. The molecule has 0 bridgehead atoms. The zero-order valence-corrected chi connectivity index (χ0v) is 9.67. The number of halogens is 2. The molecule has 5 nitrogen and oxygen atoms in total. The predicted molar refractivity (Wildman–Crippen MR) is 53.4 cm³/mol. The Morgan fingerprint density at radius 3 is 2.00 bits per heavy atom. The lowest BCUT2D eigenvalue weighted by atomic mass is 10.7. The maximum absolute atomic E-state index is 5.57. The van der Waals surface area contributed by atoms with Gasteiger partial charge in [0, 0.05) is 0 Å². The molecule has 14 heavy (non-hydrogen) atoms. The molecule has 0 N–H and O–H groups in total. The van der Waals surface area contributed by atoms with E-state index in [0.29, 0.717) is 11.2 Å². The molecule has 1 rings (SSSR count). The largest absolute Gasteiger partial charge is 0.413 e. The molecule has 7 heteroatoms. The van der Waals surface area contributed by atoms with E-state index in [-0.39, 0.29) is 16.6 Å². The van der Waals surface area contributed by atoms with Crippen molar-refractivity contribution in [3.05, 3.63) is 10.6 Å². The van der Waals surface area contributed by atoms with E-state index in [0.717, 1.165) is 0 Å². The van der Waals surface area contributed by atoms with Crippen LogP contribution in [-0.4, -0.2) is 47.3 Å². The number of rotatable bonds is 3. The molecule has 0 aromatic carbocycles. The van der Waals surface area contributed by atoms with Crippen molar-refractivity contribution in [2.24, 2.45) is 0 Å². The molecule has 1 aromatic heterocycles. The van der Waals surface area contributed by atoms with Gasteiger partial charge in [-0.2, -0.15) is 15.0 Å². The zero-order chi connectivity index (χ0) is 10.8. The molecule has 1 aromatic rings. The normalized spacial score (nSPS) is 11.5. The van der Waals surface area contributed by atoms with Gasteiger partial charge in [0.1, 0.15) is 0 Å². The average molecular weight is 238 g/mol. The molecule has 0 atom stereocenters. The van der Waals surface area contributed by atoms with Crippen LogP contribution in [0, 0.1) is 0 Å². The maximum atomic E-state index is 5.57. The Morgan fingerprint density at radius 1 is 1.07 bits per heavy atom. The summed E-state index contributed by atoms with van der Waals surface area (Å²) in [7, 11) is 5.93. The first-order chi connectivity index (χ1) is 6.37. The lowest BCUT2D eigenvalue weighted by Gasteiger charge is -2.22. The summed E-state index contributed by atoms with van der Waals surface area (Å²) >= 11 is 11.1. The van der Waals surface area contributed by atoms with Gasteiger partial charge in [0.05, 0.1) is 21.1 Å². The van der Waals surface area contributed by atoms with Gasteiger partial charge in [0.25, 0.3) is 0 Å². The third-order valence-electron chi connectivity index (χ3n) is 1.14. The monoisotopic (exact) mass is 237 g/mol. The molecule has 0 aliphatic heterocycles. The first-order valence-electron chi connectivity index (χ1n) is 3.87. The molecular formula is C7H11Cl2N4O+. The number of nitrogens with zero attached hydrogens (tertiary/aromatic N) is 4. The highest BCUT2D eigenvalue weighted by atomic mass is 35.5. The van der Waals surface area contributed by atoms with E-state index in [1.165, 1.54) is 0 Å². The molecule has 0 aliphatic rings. The molecule has 0 saturated heterocycles. The second-order valence-corrected chi connectivity index (χ2v) is 4.40. The molecule has 1 heterocycles. The van der Waals surface area contributed by atoms with Gasteiger partial charge < -0.3 is 4.74 Å². The second-order valence-electron chi connectivity index (χ2n) is 3.72. The summed E-state index contributed by atoms with van der Waals surface area (Å²) in [4.78, 5) is 11.1. The van der Waals surface area contributed by atoms with Crippen molar-refractivity contribution >= 4 is 23.2 Å². The minimum absolute atomic E-state index is 0.0291. The molecule has 0 saturated carbocycles. The van der Waals surface area contributed by atoms with Crippen LogP contribution in [0.15, 0.2) is 0 Å². The Balaban J connectivity index is 2.68. The molecule has 0 aliphatic carbocycles. The minimum atomic E-state index is 0.0291. The number of quaternary nitrogens is 1. The summed E-state index contributed by atoms with van der Waals surface area (Å²) in [6.45, 7) is 0.427. The van der Waals surface area contributed by atoms with Gasteiger partial charge in [-0.3, -0.25) is 4.48 Å². The van der Waals surface area contributed by atoms with Crippen LogP contribution in [0.1, 0.15) is 0 Å². The standard InChI is InChI=1S/C7H11Cl2N4O/c1-13(2,3)4-14-7-11-5(8)10-6(9)12-7/h4H2,1-3H3/q+1. The lowest BCUT2D eigenvalue weighted by molar-refractivity contribution is -0.886. The number of hydrogen-bond acceptors (Lipinski definition) is 4. The van der Waals surface area contributed by atoms with Crippen LogP contribution in [0.25, 0.3) is 0 Å². The SMILES string of the molecule is C[N+](C)(C)COc1nc(Cl)nc(Cl)n1. The Morgan fingerprint density at radius 2 is 1.57 bits per heavy atom. The van der Waals surface area contributed by atoms with E-state index in [2.05, 4.69) is 15.0 Å². The first kappa shape index (κ1) is 11.4. The van der Waals surface area contributed by atoms with Crippen LogP contribution in [0.5, 0.6) is 6.01 Å².